The summed E-state index contributed by atoms with van der Waals surface area (Å²) in [5.74, 6) is -0.401. The molecule has 3 amide bonds. The molecule has 0 heterocycles. The van der Waals surface area contributed by atoms with E-state index >= 15 is 0 Å². The van der Waals surface area contributed by atoms with Crippen LogP contribution in [0.3, 0.4) is 0 Å². The molecule has 0 saturated heterocycles. The monoisotopic (exact) mass is 469 g/mol. The highest BCUT2D eigenvalue weighted by molar-refractivity contribution is 6.07. The van der Waals surface area contributed by atoms with E-state index in [4.69, 9.17) is 0 Å². The minimum Gasteiger partial charge on any atom is -0.338 e. The predicted molar refractivity (Wildman–Crippen MR) is 127 cm³/mol. The Balaban J connectivity index is 1.72. The van der Waals surface area contributed by atoms with Gasteiger partial charge in [-0.3, -0.25) is 4.79 Å². The number of aryl methyl sites for hydroxylation is 2. The predicted octanol–water partition coefficient (Wildman–Crippen LogP) is 6.18. The van der Waals surface area contributed by atoms with Gasteiger partial charge in [-0.15, -0.1) is 0 Å². The molecule has 0 unspecified atom stereocenters. The molecular weight excluding hydrogens is 443 g/mol. The maximum atomic E-state index is 13.3. The zero-order valence-corrected chi connectivity index (χ0v) is 18.9. The fraction of sp³-hybridized carbons (Fsp3) is 0.231. The SMILES string of the molecule is Cc1ccccc1NC(=O)NCCCN(C(=O)c1ccccc1C)c1cccc(C(F)(F)F)c1. The maximum absolute atomic E-state index is 13.3. The molecule has 0 aromatic heterocycles. The van der Waals surface area contributed by atoms with Gasteiger partial charge in [0.05, 0.1) is 5.56 Å². The number of alkyl halides is 3. The summed E-state index contributed by atoms with van der Waals surface area (Å²) < 4.78 is 39.8. The molecule has 0 saturated carbocycles. The molecule has 0 aliphatic heterocycles. The van der Waals surface area contributed by atoms with Crippen molar-refractivity contribution in [3.8, 4) is 0 Å². The molecule has 3 aromatic carbocycles. The van der Waals surface area contributed by atoms with Gasteiger partial charge in [0.25, 0.3) is 5.91 Å². The summed E-state index contributed by atoms with van der Waals surface area (Å²) in [6, 6.07) is 18.6. The second-order valence-electron chi connectivity index (χ2n) is 7.87. The largest absolute Gasteiger partial charge is 0.416 e. The van der Waals surface area contributed by atoms with Gasteiger partial charge in [0.2, 0.25) is 0 Å². The second-order valence-corrected chi connectivity index (χ2v) is 7.87. The first-order chi connectivity index (χ1) is 16.2. The number of nitrogens with zero attached hydrogens (tertiary/aromatic N) is 1. The summed E-state index contributed by atoms with van der Waals surface area (Å²) in [6.45, 7) is 4.00. The highest BCUT2D eigenvalue weighted by Crippen LogP contribution is 2.32. The Bertz CT molecular complexity index is 1160. The van der Waals surface area contributed by atoms with E-state index in [1.807, 2.05) is 25.1 Å². The third-order valence-corrected chi connectivity index (χ3v) is 5.34. The number of benzene rings is 3. The summed E-state index contributed by atoms with van der Waals surface area (Å²) >= 11 is 0. The summed E-state index contributed by atoms with van der Waals surface area (Å²) in [7, 11) is 0. The van der Waals surface area contributed by atoms with E-state index in [9.17, 15) is 22.8 Å². The van der Waals surface area contributed by atoms with Crippen LogP contribution in [0.2, 0.25) is 0 Å². The van der Waals surface area contributed by atoms with E-state index in [1.165, 1.54) is 17.0 Å². The Morgan fingerprint density at radius 2 is 1.56 bits per heavy atom. The number of hydrogen-bond acceptors (Lipinski definition) is 2. The van der Waals surface area contributed by atoms with E-state index in [0.29, 0.717) is 17.7 Å². The average Bonchev–Trinajstić information content (AvgIpc) is 2.80. The van der Waals surface area contributed by atoms with Gasteiger partial charge in [-0.1, -0.05) is 42.5 Å². The second kappa shape index (κ2) is 10.9. The number of carbonyl (C=O) groups is 2. The summed E-state index contributed by atoms with van der Waals surface area (Å²) in [4.78, 5) is 26.8. The van der Waals surface area contributed by atoms with Crippen molar-refractivity contribution in [1.29, 1.82) is 0 Å². The zero-order valence-electron chi connectivity index (χ0n) is 18.9. The first kappa shape index (κ1) is 24.8. The Morgan fingerprint density at radius 3 is 2.24 bits per heavy atom. The van der Waals surface area contributed by atoms with Gasteiger partial charge < -0.3 is 15.5 Å². The quantitative estimate of drug-likeness (QED) is 0.406. The van der Waals surface area contributed by atoms with Crippen LogP contribution in [0, 0.1) is 13.8 Å². The average molecular weight is 470 g/mol. The standard InChI is InChI=1S/C26H26F3N3O2/c1-18-9-3-5-13-22(18)24(33)32(21-12-7-11-20(17-21)26(27,28)29)16-8-15-30-25(34)31-23-14-6-4-10-19(23)2/h3-7,9-14,17H,8,15-16H2,1-2H3,(H2,30,31,34). The molecule has 0 bridgehead atoms. The van der Waals surface area contributed by atoms with Gasteiger partial charge in [-0.2, -0.15) is 13.2 Å². The molecule has 8 heteroatoms. The smallest absolute Gasteiger partial charge is 0.338 e. The molecule has 2 N–H and O–H groups in total. The Morgan fingerprint density at radius 1 is 0.882 bits per heavy atom. The number of nitrogens with one attached hydrogen (secondary N) is 2. The van der Waals surface area contributed by atoms with Crippen LogP contribution in [0.25, 0.3) is 0 Å². The van der Waals surface area contributed by atoms with E-state index in [0.717, 1.165) is 23.3 Å². The molecule has 0 atom stereocenters. The van der Waals surface area contributed by atoms with Gasteiger partial charge >= 0.3 is 12.2 Å². The van der Waals surface area contributed by atoms with Crippen LogP contribution in [0.4, 0.5) is 29.3 Å². The van der Waals surface area contributed by atoms with Crippen molar-refractivity contribution < 1.29 is 22.8 Å². The Kier molecular flexibility index (Phi) is 7.94. The van der Waals surface area contributed by atoms with Crippen LogP contribution in [0.5, 0.6) is 0 Å². The Hall–Kier alpha value is -3.81. The summed E-state index contributed by atoms with van der Waals surface area (Å²) in [6.07, 6.45) is -4.18. The van der Waals surface area contributed by atoms with Gasteiger partial charge in [0, 0.05) is 30.0 Å². The van der Waals surface area contributed by atoms with E-state index in [1.54, 1.807) is 37.3 Å². The number of amides is 3. The number of para-hydroxylation sites is 1. The first-order valence-corrected chi connectivity index (χ1v) is 10.8. The molecule has 3 rings (SSSR count). The molecule has 0 aliphatic rings. The van der Waals surface area contributed by atoms with Gasteiger partial charge in [0.15, 0.2) is 0 Å². The molecule has 178 valence electrons. The zero-order chi connectivity index (χ0) is 24.7. The first-order valence-electron chi connectivity index (χ1n) is 10.8. The van der Waals surface area contributed by atoms with Crippen LogP contribution >= 0.6 is 0 Å². The third kappa shape index (κ3) is 6.37. The van der Waals surface area contributed by atoms with Gasteiger partial charge in [0.1, 0.15) is 0 Å². The minimum absolute atomic E-state index is 0.124. The minimum atomic E-state index is -4.53. The van der Waals surface area contributed by atoms with Crippen LogP contribution in [-0.4, -0.2) is 25.0 Å². The van der Waals surface area contributed by atoms with Crippen molar-refractivity contribution in [3.63, 3.8) is 0 Å². The number of rotatable bonds is 7. The molecular formula is C26H26F3N3O2. The van der Waals surface area contributed by atoms with Crippen molar-refractivity contribution in [2.24, 2.45) is 0 Å². The third-order valence-electron chi connectivity index (χ3n) is 5.34. The number of urea groups is 1. The lowest BCUT2D eigenvalue weighted by Crippen LogP contribution is -2.36. The van der Waals surface area contributed by atoms with E-state index in [-0.39, 0.29) is 18.8 Å². The fourth-order valence-electron chi connectivity index (χ4n) is 3.48. The summed E-state index contributed by atoms with van der Waals surface area (Å²) in [5.41, 5.74) is 2.04. The summed E-state index contributed by atoms with van der Waals surface area (Å²) in [5, 5.41) is 5.48. The van der Waals surface area contributed by atoms with Crippen LogP contribution < -0.4 is 15.5 Å². The number of hydrogen-bond donors (Lipinski definition) is 2. The van der Waals surface area contributed by atoms with E-state index < -0.39 is 23.7 Å². The molecule has 3 aromatic rings. The molecule has 0 radical (unpaired) electrons. The van der Waals surface area contributed by atoms with E-state index in [2.05, 4.69) is 10.6 Å². The maximum Gasteiger partial charge on any atom is 0.416 e. The van der Waals surface area contributed by atoms with Crippen molar-refractivity contribution in [2.45, 2.75) is 26.4 Å². The van der Waals surface area contributed by atoms with Crippen LogP contribution in [0.15, 0.2) is 72.8 Å². The normalized spacial score (nSPS) is 11.1. The lowest BCUT2D eigenvalue weighted by atomic mass is 10.1. The number of carbonyl (C=O) groups excluding carboxylic acids is 2. The van der Waals surface area contributed by atoms with Crippen LogP contribution in [0.1, 0.15) is 33.5 Å². The number of anilines is 2. The lowest BCUT2D eigenvalue weighted by Gasteiger charge is -2.25. The highest BCUT2D eigenvalue weighted by Gasteiger charge is 2.31. The number of halogens is 3. The molecule has 5 nitrogen and oxygen atoms in total. The molecule has 0 fully saturated rings. The van der Waals surface area contributed by atoms with Crippen LogP contribution in [-0.2, 0) is 6.18 Å². The van der Waals surface area contributed by atoms with Crippen molar-refractivity contribution >= 4 is 23.3 Å². The highest BCUT2D eigenvalue weighted by atomic mass is 19.4. The molecule has 0 aliphatic carbocycles. The molecule has 34 heavy (non-hydrogen) atoms. The topological polar surface area (TPSA) is 61.4 Å². The van der Waals surface area contributed by atoms with Gasteiger partial charge in [-0.25, -0.2) is 4.79 Å². The van der Waals surface area contributed by atoms with Gasteiger partial charge in [-0.05, 0) is 61.7 Å². The van der Waals surface area contributed by atoms with Crippen molar-refractivity contribution in [3.05, 3.63) is 95.1 Å². The lowest BCUT2D eigenvalue weighted by molar-refractivity contribution is -0.137. The van der Waals surface area contributed by atoms with Crippen molar-refractivity contribution in [1.82, 2.24) is 5.32 Å². The molecule has 0 spiro atoms. The fourth-order valence-corrected chi connectivity index (χ4v) is 3.48. The van der Waals surface area contributed by atoms with Crippen molar-refractivity contribution in [2.75, 3.05) is 23.3 Å². The Labute approximate surface area is 196 Å².